The molecule has 1 aliphatic rings. The van der Waals surface area contributed by atoms with Crippen molar-refractivity contribution in [2.45, 2.75) is 19.3 Å². The van der Waals surface area contributed by atoms with Gasteiger partial charge >= 0.3 is 0 Å². The fourth-order valence-electron chi connectivity index (χ4n) is 2.92. The van der Waals surface area contributed by atoms with Crippen molar-refractivity contribution >= 4 is 27.3 Å². The molecular formula is C20H21N3O4S. The van der Waals surface area contributed by atoms with Gasteiger partial charge in [0.25, 0.3) is 5.91 Å². The molecule has 1 saturated heterocycles. The highest BCUT2D eigenvalue weighted by Gasteiger charge is 2.28. The van der Waals surface area contributed by atoms with E-state index in [0.29, 0.717) is 55.1 Å². The Morgan fingerprint density at radius 3 is 2.68 bits per heavy atom. The van der Waals surface area contributed by atoms with Crippen LogP contribution in [-0.2, 0) is 10.0 Å². The zero-order valence-electron chi connectivity index (χ0n) is 15.3. The number of hydrogen-bond acceptors (Lipinski definition) is 5. The Morgan fingerprint density at radius 2 is 2.00 bits per heavy atom. The molecule has 0 aromatic heterocycles. The molecule has 0 unspecified atom stereocenters. The van der Waals surface area contributed by atoms with Crippen LogP contribution in [0.25, 0.3) is 0 Å². The lowest BCUT2D eigenvalue weighted by molar-refractivity contribution is 0.102. The molecule has 2 aromatic carbocycles. The molecule has 1 amide bonds. The lowest BCUT2D eigenvalue weighted by atomic mass is 10.2. The quantitative estimate of drug-likeness (QED) is 0.721. The van der Waals surface area contributed by atoms with Crippen molar-refractivity contribution in [3.8, 4) is 11.8 Å². The summed E-state index contributed by atoms with van der Waals surface area (Å²) in [5.41, 5.74) is 1.59. The molecule has 1 heterocycles. The highest BCUT2D eigenvalue weighted by molar-refractivity contribution is 7.93. The standard InChI is InChI=1S/C20H21N3O4S/c21-11-1-2-13-27-19-6-3-5-17(15-19)22-20(24)16-7-9-18(10-8-16)23-12-4-14-28(23,25)26/h3,5-10,15H,1-2,4,12-14H2,(H,22,24). The van der Waals surface area contributed by atoms with Crippen LogP contribution in [-0.4, -0.2) is 33.2 Å². The lowest BCUT2D eigenvalue weighted by Crippen LogP contribution is -2.25. The summed E-state index contributed by atoms with van der Waals surface area (Å²) in [4.78, 5) is 12.5. The minimum Gasteiger partial charge on any atom is -0.493 e. The summed E-state index contributed by atoms with van der Waals surface area (Å²) in [5.74, 6) is 0.479. The Morgan fingerprint density at radius 1 is 1.21 bits per heavy atom. The normalized spacial score (nSPS) is 15.0. The van der Waals surface area contributed by atoms with Gasteiger partial charge in [0.2, 0.25) is 10.0 Å². The van der Waals surface area contributed by atoms with Gasteiger partial charge < -0.3 is 10.1 Å². The number of ether oxygens (including phenoxy) is 1. The lowest BCUT2D eigenvalue weighted by Gasteiger charge is -2.17. The fourth-order valence-corrected chi connectivity index (χ4v) is 4.48. The predicted molar refractivity (Wildman–Crippen MR) is 107 cm³/mol. The third-order valence-corrected chi connectivity index (χ3v) is 6.18. The molecule has 0 aliphatic carbocycles. The van der Waals surface area contributed by atoms with E-state index in [9.17, 15) is 13.2 Å². The van der Waals surface area contributed by atoms with E-state index in [0.717, 1.165) is 0 Å². The predicted octanol–water partition coefficient (Wildman–Crippen LogP) is 3.16. The second-order valence-electron chi connectivity index (χ2n) is 6.38. The summed E-state index contributed by atoms with van der Waals surface area (Å²) in [5, 5.41) is 11.3. The number of unbranched alkanes of at least 4 members (excludes halogenated alkanes) is 1. The summed E-state index contributed by atoms with van der Waals surface area (Å²) in [6.45, 7) is 0.904. The first-order valence-electron chi connectivity index (χ1n) is 9.01. The van der Waals surface area contributed by atoms with Crippen molar-refractivity contribution in [3.05, 3.63) is 54.1 Å². The van der Waals surface area contributed by atoms with Gasteiger partial charge in [-0.1, -0.05) is 6.07 Å². The van der Waals surface area contributed by atoms with E-state index >= 15 is 0 Å². The number of nitrogens with zero attached hydrogens (tertiary/aromatic N) is 2. The average molecular weight is 399 g/mol. The Kier molecular flexibility index (Phi) is 6.16. The Labute approximate surface area is 164 Å². The minimum absolute atomic E-state index is 0.157. The molecule has 2 aromatic rings. The van der Waals surface area contributed by atoms with Crippen LogP contribution in [0.3, 0.4) is 0 Å². The van der Waals surface area contributed by atoms with Gasteiger partial charge in [0.05, 0.1) is 24.1 Å². The first-order valence-corrected chi connectivity index (χ1v) is 10.6. The average Bonchev–Trinajstić information content (AvgIpc) is 3.05. The number of carbonyl (C=O) groups excluding carboxylic acids is 1. The van der Waals surface area contributed by atoms with E-state index < -0.39 is 10.0 Å². The van der Waals surface area contributed by atoms with Crippen molar-refractivity contribution < 1.29 is 17.9 Å². The summed E-state index contributed by atoms with van der Waals surface area (Å²) in [6, 6.07) is 15.6. The largest absolute Gasteiger partial charge is 0.493 e. The van der Waals surface area contributed by atoms with Crippen molar-refractivity contribution in [1.29, 1.82) is 5.26 Å². The van der Waals surface area contributed by atoms with Gasteiger partial charge in [0.15, 0.2) is 0 Å². The molecular weight excluding hydrogens is 378 g/mol. The molecule has 1 aliphatic heterocycles. The maximum Gasteiger partial charge on any atom is 0.255 e. The highest BCUT2D eigenvalue weighted by atomic mass is 32.2. The third kappa shape index (κ3) is 4.81. The van der Waals surface area contributed by atoms with Crippen LogP contribution >= 0.6 is 0 Å². The number of amides is 1. The molecule has 0 bridgehead atoms. The van der Waals surface area contributed by atoms with E-state index in [-0.39, 0.29) is 11.7 Å². The van der Waals surface area contributed by atoms with Gasteiger partial charge in [-0.15, -0.1) is 0 Å². The maximum absolute atomic E-state index is 12.5. The number of nitriles is 1. The zero-order valence-corrected chi connectivity index (χ0v) is 16.1. The van der Waals surface area contributed by atoms with Crippen LogP contribution in [0, 0.1) is 11.3 Å². The van der Waals surface area contributed by atoms with E-state index in [1.165, 1.54) is 4.31 Å². The number of nitrogens with one attached hydrogen (secondary N) is 1. The van der Waals surface area contributed by atoms with Gasteiger partial charge in [-0.3, -0.25) is 9.10 Å². The Bertz CT molecular complexity index is 981. The zero-order chi connectivity index (χ0) is 20.0. The number of benzene rings is 2. The number of rotatable bonds is 7. The fraction of sp³-hybridized carbons (Fsp3) is 0.300. The van der Waals surface area contributed by atoms with Crippen LogP contribution in [0.15, 0.2) is 48.5 Å². The molecule has 146 valence electrons. The second kappa shape index (κ2) is 8.76. The SMILES string of the molecule is N#CCCCOc1cccc(NC(=O)c2ccc(N3CCCS3(=O)=O)cc2)c1. The van der Waals surface area contributed by atoms with Crippen LogP contribution in [0.2, 0.25) is 0 Å². The summed E-state index contributed by atoms with van der Waals surface area (Å²) in [7, 11) is -3.24. The van der Waals surface area contributed by atoms with Crippen molar-refractivity contribution in [3.63, 3.8) is 0 Å². The van der Waals surface area contributed by atoms with Gasteiger partial charge in [-0.05, 0) is 49.2 Å². The molecule has 1 N–H and O–H groups in total. The van der Waals surface area contributed by atoms with Crippen LogP contribution < -0.4 is 14.4 Å². The van der Waals surface area contributed by atoms with E-state index in [1.807, 2.05) is 0 Å². The molecule has 3 rings (SSSR count). The van der Waals surface area contributed by atoms with Crippen molar-refractivity contribution in [2.75, 3.05) is 28.5 Å². The maximum atomic E-state index is 12.5. The topological polar surface area (TPSA) is 99.5 Å². The molecule has 0 spiro atoms. The Hall–Kier alpha value is -3.05. The van der Waals surface area contributed by atoms with Gasteiger partial charge in [0.1, 0.15) is 5.75 Å². The Balaban J connectivity index is 1.63. The second-order valence-corrected chi connectivity index (χ2v) is 8.39. The molecule has 28 heavy (non-hydrogen) atoms. The highest BCUT2D eigenvalue weighted by Crippen LogP contribution is 2.24. The van der Waals surface area contributed by atoms with Crippen molar-refractivity contribution in [1.82, 2.24) is 0 Å². The smallest absolute Gasteiger partial charge is 0.255 e. The number of sulfonamides is 1. The van der Waals surface area contributed by atoms with Crippen LogP contribution in [0.5, 0.6) is 5.75 Å². The van der Waals surface area contributed by atoms with Crippen molar-refractivity contribution in [2.24, 2.45) is 0 Å². The molecule has 8 heteroatoms. The first kappa shape index (κ1) is 19.7. The molecule has 7 nitrogen and oxygen atoms in total. The summed E-state index contributed by atoms with van der Waals surface area (Å²) < 4.78 is 30.9. The van der Waals surface area contributed by atoms with Crippen LogP contribution in [0.1, 0.15) is 29.6 Å². The summed E-state index contributed by atoms with van der Waals surface area (Å²) >= 11 is 0. The van der Waals surface area contributed by atoms with E-state index in [4.69, 9.17) is 10.00 Å². The molecule has 0 saturated carbocycles. The summed E-state index contributed by atoms with van der Waals surface area (Å²) in [6.07, 6.45) is 1.69. The van der Waals surface area contributed by atoms with Gasteiger partial charge in [-0.25, -0.2) is 8.42 Å². The number of hydrogen-bond donors (Lipinski definition) is 1. The molecule has 0 atom stereocenters. The minimum atomic E-state index is -3.24. The van der Waals surface area contributed by atoms with Gasteiger partial charge in [0, 0.05) is 30.3 Å². The molecule has 1 fully saturated rings. The first-order chi connectivity index (χ1) is 13.5. The van der Waals surface area contributed by atoms with Gasteiger partial charge in [-0.2, -0.15) is 5.26 Å². The monoisotopic (exact) mass is 399 g/mol. The van der Waals surface area contributed by atoms with Crippen LogP contribution in [0.4, 0.5) is 11.4 Å². The number of anilines is 2. The molecule has 0 radical (unpaired) electrons. The van der Waals surface area contributed by atoms with E-state index in [2.05, 4.69) is 11.4 Å². The third-order valence-electron chi connectivity index (χ3n) is 4.31. The number of carbonyl (C=O) groups is 1. The van der Waals surface area contributed by atoms with E-state index in [1.54, 1.807) is 48.5 Å².